The lowest BCUT2D eigenvalue weighted by Gasteiger charge is -2.28. The van der Waals surface area contributed by atoms with Crippen molar-refractivity contribution in [2.24, 2.45) is 5.92 Å². The van der Waals surface area contributed by atoms with Gasteiger partial charge < -0.3 is 15.4 Å². The molecule has 4 aliphatic rings. The van der Waals surface area contributed by atoms with Gasteiger partial charge in [0.05, 0.1) is 6.61 Å². The van der Waals surface area contributed by atoms with Gasteiger partial charge in [-0.05, 0) is 67.8 Å². The number of carbonyl (C=O) groups is 1. The Hall–Kier alpha value is -1.40. The topological polar surface area (TPSA) is 50.4 Å². The van der Waals surface area contributed by atoms with E-state index in [1.54, 1.807) is 0 Å². The first-order valence-electron chi connectivity index (χ1n) is 10.7. The molecule has 0 aromatic heterocycles. The predicted molar refractivity (Wildman–Crippen MR) is 109 cm³/mol. The van der Waals surface area contributed by atoms with Crippen molar-refractivity contribution in [3.63, 3.8) is 0 Å². The van der Waals surface area contributed by atoms with E-state index in [4.69, 9.17) is 4.74 Å². The fourth-order valence-electron chi connectivity index (χ4n) is 4.60. The van der Waals surface area contributed by atoms with Crippen molar-refractivity contribution >= 4 is 18.3 Å². The maximum Gasteiger partial charge on any atom is 0.251 e. The third kappa shape index (κ3) is 4.69. The summed E-state index contributed by atoms with van der Waals surface area (Å²) >= 11 is 0. The van der Waals surface area contributed by atoms with Gasteiger partial charge in [0.1, 0.15) is 5.75 Å². The van der Waals surface area contributed by atoms with Crippen molar-refractivity contribution in [1.82, 2.24) is 10.6 Å². The van der Waals surface area contributed by atoms with Gasteiger partial charge in [-0.1, -0.05) is 0 Å². The molecule has 1 aliphatic heterocycles. The first-order valence-corrected chi connectivity index (χ1v) is 10.7. The van der Waals surface area contributed by atoms with E-state index in [-0.39, 0.29) is 37.2 Å². The Balaban J connectivity index is 0.00000205. The minimum Gasteiger partial charge on any atom is -0.493 e. The predicted octanol–water partition coefficient (Wildman–Crippen LogP) is 4.21. The number of ether oxygens (including phenoxy) is 1. The molecule has 2 unspecified atom stereocenters. The summed E-state index contributed by atoms with van der Waals surface area (Å²) in [7, 11) is 0. The summed E-state index contributed by atoms with van der Waals surface area (Å²) in [5.74, 6) is -0.493. The van der Waals surface area contributed by atoms with Crippen molar-refractivity contribution in [3.05, 3.63) is 28.8 Å². The highest BCUT2D eigenvalue weighted by Crippen LogP contribution is 2.48. The lowest BCUT2D eigenvalue weighted by atomic mass is 9.92. The first-order chi connectivity index (χ1) is 13.5. The van der Waals surface area contributed by atoms with Crippen molar-refractivity contribution in [1.29, 1.82) is 0 Å². The Kier molecular flexibility index (Phi) is 5.77. The zero-order valence-corrected chi connectivity index (χ0v) is 17.3. The van der Waals surface area contributed by atoms with Gasteiger partial charge in [0.25, 0.3) is 5.91 Å². The molecule has 0 saturated heterocycles. The van der Waals surface area contributed by atoms with Crippen molar-refractivity contribution in [2.75, 3.05) is 13.2 Å². The summed E-state index contributed by atoms with van der Waals surface area (Å²) in [6.45, 7) is 1.76. The van der Waals surface area contributed by atoms with Gasteiger partial charge in [-0.2, -0.15) is 0 Å². The van der Waals surface area contributed by atoms with E-state index in [1.807, 2.05) is 12.1 Å². The van der Waals surface area contributed by atoms with Gasteiger partial charge in [0.15, 0.2) is 0 Å². The number of rotatable bonds is 6. The number of hydrogen-bond donors (Lipinski definition) is 2. The van der Waals surface area contributed by atoms with E-state index in [0.29, 0.717) is 37.0 Å². The van der Waals surface area contributed by atoms with Crippen LogP contribution in [0.5, 0.6) is 5.75 Å². The maximum absolute atomic E-state index is 13.4. The van der Waals surface area contributed by atoms with Crippen LogP contribution in [0, 0.1) is 5.92 Å². The number of alkyl halides is 2. The smallest absolute Gasteiger partial charge is 0.251 e. The van der Waals surface area contributed by atoms with Crippen LogP contribution >= 0.6 is 12.4 Å². The SMILES string of the molecule is Cl.O=C(NC1CCC(F)(F)CC1)c1cc2c(c(C3CC3NCC3CC3)c1)OCC2. The summed E-state index contributed by atoms with van der Waals surface area (Å²) < 4.78 is 32.6. The van der Waals surface area contributed by atoms with Gasteiger partial charge in [-0.25, -0.2) is 8.78 Å². The molecular formula is C22H29ClF2N2O2. The molecule has 2 atom stereocenters. The van der Waals surface area contributed by atoms with E-state index >= 15 is 0 Å². The lowest BCUT2D eigenvalue weighted by Crippen LogP contribution is -2.40. The molecule has 3 fully saturated rings. The van der Waals surface area contributed by atoms with Crippen molar-refractivity contribution < 1.29 is 18.3 Å². The number of benzene rings is 1. The molecule has 1 heterocycles. The maximum atomic E-state index is 13.4. The summed E-state index contributed by atoms with van der Waals surface area (Å²) in [5.41, 5.74) is 2.89. The van der Waals surface area contributed by atoms with Gasteiger partial charge in [0.2, 0.25) is 5.92 Å². The highest BCUT2D eigenvalue weighted by molar-refractivity contribution is 5.95. The number of halogens is 3. The second-order valence-corrected chi connectivity index (χ2v) is 9.06. The zero-order valence-electron chi connectivity index (χ0n) is 16.5. The molecule has 1 aromatic carbocycles. The van der Waals surface area contributed by atoms with Gasteiger partial charge in [-0.3, -0.25) is 4.79 Å². The van der Waals surface area contributed by atoms with Crippen LogP contribution in [0.3, 0.4) is 0 Å². The number of fused-ring (bicyclic) bond motifs is 1. The highest BCUT2D eigenvalue weighted by atomic mass is 35.5. The monoisotopic (exact) mass is 426 g/mol. The molecule has 1 aromatic rings. The summed E-state index contributed by atoms with van der Waals surface area (Å²) in [5, 5.41) is 6.63. The molecule has 0 spiro atoms. The first kappa shape index (κ1) is 20.9. The molecule has 0 radical (unpaired) electrons. The van der Waals surface area contributed by atoms with E-state index in [0.717, 1.165) is 42.2 Å². The molecule has 7 heteroatoms. The van der Waals surface area contributed by atoms with Gasteiger partial charge in [-0.15, -0.1) is 12.4 Å². The van der Waals surface area contributed by atoms with Crippen LogP contribution in [0.15, 0.2) is 12.1 Å². The van der Waals surface area contributed by atoms with Crippen LogP contribution in [-0.2, 0) is 6.42 Å². The molecule has 5 rings (SSSR count). The lowest BCUT2D eigenvalue weighted by molar-refractivity contribution is -0.0399. The van der Waals surface area contributed by atoms with Crippen LogP contribution in [-0.4, -0.2) is 37.1 Å². The van der Waals surface area contributed by atoms with E-state index in [2.05, 4.69) is 10.6 Å². The third-order valence-corrected chi connectivity index (χ3v) is 6.68. The molecule has 1 amide bonds. The Morgan fingerprint density at radius 2 is 1.93 bits per heavy atom. The van der Waals surface area contributed by atoms with E-state index in [9.17, 15) is 13.6 Å². The van der Waals surface area contributed by atoms with E-state index < -0.39 is 5.92 Å². The molecule has 3 aliphatic carbocycles. The van der Waals surface area contributed by atoms with Crippen LogP contribution < -0.4 is 15.4 Å². The molecule has 3 saturated carbocycles. The Morgan fingerprint density at radius 3 is 2.66 bits per heavy atom. The van der Waals surface area contributed by atoms with E-state index in [1.165, 1.54) is 12.8 Å². The summed E-state index contributed by atoms with van der Waals surface area (Å²) in [4.78, 5) is 12.8. The molecule has 0 bridgehead atoms. The number of amides is 1. The Bertz CT molecular complexity index is 774. The number of nitrogens with one attached hydrogen (secondary N) is 2. The fourth-order valence-corrected chi connectivity index (χ4v) is 4.60. The molecular weight excluding hydrogens is 398 g/mol. The van der Waals surface area contributed by atoms with Crippen LogP contribution in [0.2, 0.25) is 0 Å². The quantitative estimate of drug-likeness (QED) is 0.716. The standard InChI is InChI=1S/C22H28F2N2O2.ClH/c23-22(24)6-3-16(4-7-22)26-21(27)15-9-14-5-8-28-20(14)18(10-15)17-11-19(17)25-12-13-1-2-13;/h9-10,13,16-17,19,25H,1-8,11-12H2,(H,26,27);1H. The van der Waals surface area contributed by atoms with Crippen molar-refractivity contribution in [2.45, 2.75) is 75.3 Å². The van der Waals surface area contributed by atoms with Crippen LogP contribution in [0.1, 0.15) is 72.3 Å². The third-order valence-electron chi connectivity index (χ3n) is 6.68. The molecule has 4 nitrogen and oxygen atoms in total. The minimum absolute atomic E-state index is 0. The summed E-state index contributed by atoms with van der Waals surface area (Å²) in [6, 6.07) is 4.22. The normalized spacial score (nSPS) is 27.5. The minimum atomic E-state index is -2.58. The number of hydrogen-bond acceptors (Lipinski definition) is 3. The van der Waals surface area contributed by atoms with Crippen molar-refractivity contribution in [3.8, 4) is 5.75 Å². The fraction of sp³-hybridized carbons (Fsp3) is 0.682. The Morgan fingerprint density at radius 1 is 1.17 bits per heavy atom. The van der Waals surface area contributed by atoms with Crippen LogP contribution in [0.4, 0.5) is 8.78 Å². The molecule has 2 N–H and O–H groups in total. The second-order valence-electron chi connectivity index (χ2n) is 9.06. The molecule has 160 valence electrons. The van der Waals surface area contributed by atoms with Gasteiger partial charge >= 0.3 is 0 Å². The van der Waals surface area contributed by atoms with Gasteiger partial charge in [0, 0.05) is 42.8 Å². The average molecular weight is 427 g/mol. The average Bonchev–Trinajstić information content (AvgIpc) is 3.58. The summed E-state index contributed by atoms with van der Waals surface area (Å²) in [6.07, 6.45) is 4.99. The second kappa shape index (κ2) is 8.03. The highest BCUT2D eigenvalue weighted by Gasteiger charge is 2.42. The molecule has 29 heavy (non-hydrogen) atoms. The number of carbonyl (C=O) groups excluding carboxylic acids is 1. The Labute approximate surface area is 176 Å². The largest absolute Gasteiger partial charge is 0.493 e. The van der Waals surface area contributed by atoms with Crippen LogP contribution in [0.25, 0.3) is 0 Å². The zero-order chi connectivity index (χ0) is 19.3.